The summed E-state index contributed by atoms with van der Waals surface area (Å²) in [6, 6.07) is 1.69. The van der Waals surface area contributed by atoms with Gasteiger partial charge in [-0.25, -0.2) is 0 Å². The molecule has 5 heteroatoms. The molecule has 1 aromatic rings. The van der Waals surface area contributed by atoms with E-state index < -0.39 is 0 Å². The molecule has 0 aliphatic rings. The highest BCUT2D eigenvalue weighted by Gasteiger charge is 2.09. The molecule has 0 aliphatic carbocycles. The number of carbonyl (C=O) groups is 1. The molecule has 0 unspecified atom stereocenters. The molecule has 1 aromatic heterocycles. The highest BCUT2D eigenvalue weighted by molar-refractivity contribution is 6.28. The van der Waals surface area contributed by atoms with Crippen LogP contribution in [0.5, 0.6) is 0 Å². The van der Waals surface area contributed by atoms with Gasteiger partial charge in [-0.05, 0) is 0 Å². The number of carbonyl (C=O) groups excluding carboxylic acids is 1. The van der Waals surface area contributed by atoms with Crippen LogP contribution in [-0.2, 0) is 4.79 Å². The van der Waals surface area contributed by atoms with Gasteiger partial charge in [0.2, 0.25) is 5.91 Å². The number of anilines is 1. The second kappa shape index (κ2) is 4.28. The zero-order valence-electron chi connectivity index (χ0n) is 7.50. The van der Waals surface area contributed by atoms with Crippen molar-refractivity contribution in [2.45, 2.75) is 19.8 Å². The molecule has 1 heterocycles. The molecule has 0 radical (unpaired) electrons. The van der Waals surface area contributed by atoms with E-state index in [4.69, 9.17) is 16.1 Å². The maximum Gasteiger partial charge on any atom is 0.240 e. The third-order valence-corrected chi connectivity index (χ3v) is 1.73. The molecule has 0 atom stereocenters. The Hall–Kier alpha value is -1.03. The van der Waals surface area contributed by atoms with Crippen molar-refractivity contribution in [3.05, 3.63) is 11.8 Å². The quantitative estimate of drug-likeness (QED) is 0.763. The lowest BCUT2D eigenvalue weighted by atomic mass is 10.2. The minimum absolute atomic E-state index is 0.0795. The van der Waals surface area contributed by atoms with E-state index in [0.717, 1.165) is 5.76 Å². The molecular weight excluding hydrogens is 192 g/mol. The lowest BCUT2D eigenvalue weighted by Gasteiger charge is -1.94. The van der Waals surface area contributed by atoms with Crippen molar-refractivity contribution >= 4 is 23.3 Å². The first-order valence-electron chi connectivity index (χ1n) is 3.96. The second-order valence-corrected chi connectivity index (χ2v) is 3.22. The highest BCUT2D eigenvalue weighted by Crippen LogP contribution is 2.17. The van der Waals surface area contributed by atoms with Crippen LogP contribution >= 0.6 is 11.6 Å². The lowest BCUT2D eigenvalue weighted by molar-refractivity contribution is -0.114. The maximum absolute atomic E-state index is 10.8. The molecule has 1 amide bonds. The minimum Gasteiger partial charge on any atom is -0.359 e. The van der Waals surface area contributed by atoms with Gasteiger partial charge in [-0.3, -0.25) is 4.79 Å². The smallest absolute Gasteiger partial charge is 0.240 e. The summed E-state index contributed by atoms with van der Waals surface area (Å²) in [5.41, 5.74) is 0. The molecule has 1 rings (SSSR count). The van der Waals surface area contributed by atoms with Crippen LogP contribution in [0, 0.1) is 0 Å². The molecule has 13 heavy (non-hydrogen) atoms. The summed E-state index contributed by atoms with van der Waals surface area (Å²) in [7, 11) is 0. The summed E-state index contributed by atoms with van der Waals surface area (Å²) in [5.74, 6) is 1.04. The van der Waals surface area contributed by atoms with E-state index in [2.05, 4.69) is 10.5 Å². The van der Waals surface area contributed by atoms with Gasteiger partial charge in [0, 0.05) is 12.0 Å². The van der Waals surface area contributed by atoms with Gasteiger partial charge in [-0.2, -0.15) is 0 Å². The Bertz CT molecular complexity index is 296. The van der Waals surface area contributed by atoms with Crippen molar-refractivity contribution in [2.75, 3.05) is 11.2 Å². The SMILES string of the molecule is CC(C)c1cc(NC(=O)CCl)no1. The van der Waals surface area contributed by atoms with Crippen LogP contribution in [0.4, 0.5) is 5.82 Å². The van der Waals surface area contributed by atoms with Gasteiger partial charge in [0.15, 0.2) is 5.82 Å². The standard InChI is InChI=1S/C8H11ClN2O2/c1-5(2)6-3-7(11-13-6)10-8(12)4-9/h3,5H,4H2,1-2H3,(H,10,11,12). The van der Waals surface area contributed by atoms with E-state index in [1.807, 2.05) is 13.8 Å². The number of hydrogen-bond donors (Lipinski definition) is 1. The zero-order valence-corrected chi connectivity index (χ0v) is 8.26. The topological polar surface area (TPSA) is 55.1 Å². The first-order valence-corrected chi connectivity index (χ1v) is 4.49. The Morgan fingerprint density at radius 1 is 1.77 bits per heavy atom. The fourth-order valence-electron chi connectivity index (χ4n) is 0.797. The van der Waals surface area contributed by atoms with Crippen molar-refractivity contribution in [3.8, 4) is 0 Å². The van der Waals surface area contributed by atoms with Gasteiger partial charge in [0.25, 0.3) is 0 Å². The van der Waals surface area contributed by atoms with Crippen molar-refractivity contribution < 1.29 is 9.32 Å². The van der Waals surface area contributed by atoms with Gasteiger partial charge < -0.3 is 9.84 Å². The molecule has 72 valence electrons. The van der Waals surface area contributed by atoms with Gasteiger partial charge in [0.1, 0.15) is 11.6 Å². The number of halogens is 1. The molecule has 0 bridgehead atoms. The summed E-state index contributed by atoms with van der Waals surface area (Å²) in [6.07, 6.45) is 0. The predicted molar refractivity (Wildman–Crippen MR) is 49.9 cm³/mol. The van der Waals surface area contributed by atoms with Crippen LogP contribution in [0.25, 0.3) is 0 Å². The normalized spacial score (nSPS) is 10.5. The van der Waals surface area contributed by atoms with Crippen molar-refractivity contribution in [3.63, 3.8) is 0 Å². The highest BCUT2D eigenvalue weighted by atomic mass is 35.5. The van der Waals surface area contributed by atoms with Gasteiger partial charge in [-0.15, -0.1) is 11.6 Å². The summed E-state index contributed by atoms with van der Waals surface area (Å²) >= 11 is 5.30. The van der Waals surface area contributed by atoms with E-state index >= 15 is 0 Å². The average Bonchev–Trinajstić information content (AvgIpc) is 2.52. The fourth-order valence-corrected chi connectivity index (χ4v) is 0.863. The maximum atomic E-state index is 10.8. The Kier molecular flexibility index (Phi) is 3.31. The van der Waals surface area contributed by atoms with E-state index in [9.17, 15) is 4.79 Å². The largest absolute Gasteiger partial charge is 0.359 e. The van der Waals surface area contributed by atoms with E-state index in [-0.39, 0.29) is 17.7 Å². The van der Waals surface area contributed by atoms with Gasteiger partial charge in [0.05, 0.1) is 0 Å². The van der Waals surface area contributed by atoms with E-state index in [1.54, 1.807) is 6.07 Å². The van der Waals surface area contributed by atoms with Crippen molar-refractivity contribution in [2.24, 2.45) is 0 Å². The molecule has 0 fully saturated rings. The number of amides is 1. The molecular formula is C8H11ClN2O2. The minimum atomic E-state index is -0.287. The predicted octanol–water partition coefficient (Wildman–Crippen LogP) is 1.98. The van der Waals surface area contributed by atoms with Crippen LogP contribution in [0.1, 0.15) is 25.5 Å². The zero-order chi connectivity index (χ0) is 9.84. The summed E-state index contributed by atoms with van der Waals surface area (Å²) in [4.78, 5) is 10.8. The number of alkyl halides is 1. The lowest BCUT2D eigenvalue weighted by Crippen LogP contribution is -2.12. The molecule has 0 saturated carbocycles. The number of nitrogens with zero attached hydrogens (tertiary/aromatic N) is 1. The summed E-state index contributed by atoms with van der Waals surface area (Å²) in [5, 5.41) is 6.15. The number of nitrogens with one attached hydrogen (secondary N) is 1. The summed E-state index contributed by atoms with van der Waals surface area (Å²) in [6.45, 7) is 3.96. The molecule has 4 nitrogen and oxygen atoms in total. The Morgan fingerprint density at radius 2 is 2.46 bits per heavy atom. The van der Waals surface area contributed by atoms with E-state index in [1.165, 1.54) is 0 Å². The average molecular weight is 203 g/mol. The number of rotatable bonds is 3. The fraction of sp³-hybridized carbons (Fsp3) is 0.500. The van der Waals surface area contributed by atoms with Crippen molar-refractivity contribution in [1.82, 2.24) is 5.16 Å². The van der Waals surface area contributed by atoms with Crippen molar-refractivity contribution in [1.29, 1.82) is 0 Å². The third kappa shape index (κ3) is 2.73. The molecule has 1 N–H and O–H groups in total. The molecule has 0 spiro atoms. The van der Waals surface area contributed by atoms with Gasteiger partial charge >= 0.3 is 0 Å². The van der Waals surface area contributed by atoms with E-state index in [0.29, 0.717) is 5.82 Å². The number of hydrogen-bond acceptors (Lipinski definition) is 3. The second-order valence-electron chi connectivity index (χ2n) is 2.95. The van der Waals surface area contributed by atoms with Crippen LogP contribution in [0.3, 0.4) is 0 Å². The third-order valence-electron chi connectivity index (χ3n) is 1.49. The van der Waals surface area contributed by atoms with Crippen LogP contribution in [0.15, 0.2) is 10.6 Å². The Balaban J connectivity index is 2.64. The molecule has 0 aliphatic heterocycles. The monoisotopic (exact) mass is 202 g/mol. The molecule has 0 saturated heterocycles. The first kappa shape index (κ1) is 10.1. The van der Waals surface area contributed by atoms with Crippen LogP contribution in [0.2, 0.25) is 0 Å². The van der Waals surface area contributed by atoms with Crippen LogP contribution < -0.4 is 5.32 Å². The Morgan fingerprint density at radius 3 is 2.92 bits per heavy atom. The summed E-state index contributed by atoms with van der Waals surface area (Å²) < 4.78 is 4.96. The molecule has 0 aromatic carbocycles. The number of aromatic nitrogens is 1. The Labute approximate surface area is 81.2 Å². The van der Waals surface area contributed by atoms with Crippen LogP contribution in [-0.4, -0.2) is 16.9 Å². The first-order chi connectivity index (χ1) is 6.13. The van der Waals surface area contributed by atoms with Gasteiger partial charge in [-0.1, -0.05) is 19.0 Å².